The number of aliphatic imine (C=N–C) groups is 1. The summed E-state index contributed by atoms with van der Waals surface area (Å²) in [6.45, 7) is 5.05. The van der Waals surface area contributed by atoms with Gasteiger partial charge in [0.25, 0.3) is 5.91 Å². The van der Waals surface area contributed by atoms with E-state index in [2.05, 4.69) is 0 Å². The molecule has 1 heterocycles. The van der Waals surface area contributed by atoms with Crippen LogP contribution in [-0.4, -0.2) is 32.1 Å². The van der Waals surface area contributed by atoms with Gasteiger partial charge >= 0.3 is 0 Å². The topological polar surface area (TPSA) is 60.4 Å². The van der Waals surface area contributed by atoms with Crippen molar-refractivity contribution in [3.8, 4) is 17.2 Å². The van der Waals surface area contributed by atoms with Gasteiger partial charge in [0.2, 0.25) is 0 Å². The van der Waals surface area contributed by atoms with Crippen LogP contribution in [-0.2, 0) is 4.79 Å². The van der Waals surface area contributed by atoms with Crippen molar-refractivity contribution < 1.29 is 19.0 Å². The molecule has 4 rings (SSSR count). The number of carbonyl (C=O) groups is 1. The van der Waals surface area contributed by atoms with E-state index in [9.17, 15) is 4.79 Å². The number of rotatable bonds is 8. The van der Waals surface area contributed by atoms with Crippen LogP contribution < -0.4 is 19.1 Å². The number of benzene rings is 3. The molecule has 1 aliphatic heterocycles. The Morgan fingerprint density at radius 2 is 1.45 bits per heavy atom. The van der Waals surface area contributed by atoms with Gasteiger partial charge in [-0.1, -0.05) is 24.3 Å². The van der Waals surface area contributed by atoms with Crippen molar-refractivity contribution in [2.24, 2.45) is 4.99 Å². The third-order valence-corrected chi connectivity index (χ3v) is 5.11. The van der Waals surface area contributed by atoms with Crippen molar-refractivity contribution in [1.29, 1.82) is 0 Å². The molecule has 0 radical (unpaired) electrons. The first-order valence-corrected chi connectivity index (χ1v) is 10.9. The van der Waals surface area contributed by atoms with Crippen LogP contribution in [0, 0.1) is 0 Å². The summed E-state index contributed by atoms with van der Waals surface area (Å²) >= 11 is 0. The number of hydrogen-bond acceptors (Lipinski definition) is 5. The number of hydrogen-bond donors (Lipinski definition) is 0. The molecule has 0 N–H and O–H groups in total. The van der Waals surface area contributed by atoms with Crippen LogP contribution in [0.25, 0.3) is 6.08 Å². The highest BCUT2D eigenvalue weighted by molar-refractivity contribution is 6.33. The van der Waals surface area contributed by atoms with Gasteiger partial charge in [-0.15, -0.1) is 0 Å². The molecule has 6 nitrogen and oxygen atoms in total. The first-order chi connectivity index (χ1) is 16.1. The Kier molecular flexibility index (Phi) is 6.74. The quantitative estimate of drug-likeness (QED) is 0.443. The van der Waals surface area contributed by atoms with Crippen LogP contribution >= 0.6 is 0 Å². The van der Waals surface area contributed by atoms with E-state index in [4.69, 9.17) is 19.2 Å². The summed E-state index contributed by atoms with van der Waals surface area (Å²) in [6, 6.07) is 22.5. The fourth-order valence-corrected chi connectivity index (χ4v) is 3.61. The van der Waals surface area contributed by atoms with Gasteiger partial charge in [-0.25, -0.2) is 4.99 Å². The molecule has 0 aromatic heterocycles. The molecule has 3 aromatic rings. The van der Waals surface area contributed by atoms with Gasteiger partial charge in [0, 0.05) is 0 Å². The lowest BCUT2D eigenvalue weighted by molar-refractivity contribution is -0.113. The van der Waals surface area contributed by atoms with Crippen LogP contribution in [0.15, 0.2) is 83.5 Å². The van der Waals surface area contributed by atoms with Crippen molar-refractivity contribution in [2.45, 2.75) is 13.8 Å². The Balaban J connectivity index is 1.76. The predicted octanol–water partition coefficient (Wildman–Crippen LogP) is 5.33. The number of amidine groups is 1. The second-order valence-corrected chi connectivity index (χ2v) is 7.23. The molecule has 33 heavy (non-hydrogen) atoms. The summed E-state index contributed by atoms with van der Waals surface area (Å²) in [5.74, 6) is 2.47. The first-order valence-electron chi connectivity index (χ1n) is 10.9. The van der Waals surface area contributed by atoms with E-state index in [0.717, 1.165) is 22.6 Å². The van der Waals surface area contributed by atoms with Crippen LogP contribution in [0.5, 0.6) is 17.2 Å². The molecule has 1 amide bonds. The normalized spacial score (nSPS) is 14.4. The summed E-state index contributed by atoms with van der Waals surface area (Å²) in [5.41, 5.74) is 2.63. The van der Waals surface area contributed by atoms with Crippen molar-refractivity contribution in [3.63, 3.8) is 0 Å². The second kappa shape index (κ2) is 10.0. The standard InChI is InChI=1S/C27H26N2O4/c1-4-32-21-14-10-19(11-15-21)18-24-27(30)29(20-12-16-22(17-13-20)33-5-2)26(28-24)23-8-6-7-9-25(23)31-3/h6-18H,4-5H2,1-3H3/b24-18+. The van der Waals surface area contributed by atoms with Gasteiger partial charge in [0.05, 0.1) is 31.6 Å². The molecule has 0 saturated heterocycles. The highest BCUT2D eigenvalue weighted by Gasteiger charge is 2.33. The lowest BCUT2D eigenvalue weighted by Crippen LogP contribution is -2.32. The molecule has 168 valence electrons. The summed E-state index contributed by atoms with van der Waals surface area (Å²) in [5, 5.41) is 0. The van der Waals surface area contributed by atoms with E-state index < -0.39 is 0 Å². The maximum absolute atomic E-state index is 13.5. The second-order valence-electron chi connectivity index (χ2n) is 7.23. The van der Waals surface area contributed by atoms with Gasteiger partial charge in [-0.2, -0.15) is 0 Å². The van der Waals surface area contributed by atoms with E-state index in [0.29, 0.717) is 36.2 Å². The van der Waals surface area contributed by atoms with Gasteiger partial charge in [-0.05, 0) is 74.0 Å². The molecule has 1 aliphatic rings. The molecule has 0 unspecified atom stereocenters. The third-order valence-electron chi connectivity index (χ3n) is 5.11. The fourth-order valence-electron chi connectivity index (χ4n) is 3.61. The van der Waals surface area contributed by atoms with Crippen molar-refractivity contribution >= 4 is 23.5 Å². The smallest absolute Gasteiger partial charge is 0.282 e. The fraction of sp³-hybridized carbons (Fsp3) is 0.185. The van der Waals surface area contributed by atoms with Crippen molar-refractivity contribution in [2.75, 3.05) is 25.2 Å². The molecular formula is C27H26N2O4. The van der Waals surface area contributed by atoms with Gasteiger partial charge in [0.1, 0.15) is 22.9 Å². The lowest BCUT2D eigenvalue weighted by atomic mass is 10.1. The minimum Gasteiger partial charge on any atom is -0.496 e. The zero-order valence-electron chi connectivity index (χ0n) is 18.9. The largest absolute Gasteiger partial charge is 0.496 e. The van der Waals surface area contributed by atoms with Crippen LogP contribution in [0.3, 0.4) is 0 Å². The minimum absolute atomic E-state index is 0.214. The Morgan fingerprint density at radius 1 is 0.848 bits per heavy atom. The third kappa shape index (κ3) is 4.75. The number of carbonyl (C=O) groups excluding carboxylic acids is 1. The van der Waals surface area contributed by atoms with Gasteiger partial charge in [-0.3, -0.25) is 9.69 Å². The van der Waals surface area contributed by atoms with E-state index in [1.165, 1.54) is 0 Å². The molecule has 0 bridgehead atoms. The molecule has 0 aliphatic carbocycles. The summed E-state index contributed by atoms with van der Waals surface area (Å²) in [6.07, 6.45) is 1.78. The van der Waals surface area contributed by atoms with E-state index in [1.54, 1.807) is 18.1 Å². The average molecular weight is 443 g/mol. The summed E-state index contributed by atoms with van der Waals surface area (Å²) < 4.78 is 16.6. The van der Waals surface area contributed by atoms with E-state index in [-0.39, 0.29) is 5.91 Å². The van der Waals surface area contributed by atoms with Gasteiger partial charge < -0.3 is 14.2 Å². The van der Waals surface area contributed by atoms with Crippen LogP contribution in [0.2, 0.25) is 0 Å². The van der Waals surface area contributed by atoms with Gasteiger partial charge in [0.15, 0.2) is 5.84 Å². The number of amides is 1. The number of anilines is 1. The maximum Gasteiger partial charge on any atom is 0.282 e. The maximum atomic E-state index is 13.5. The molecular weight excluding hydrogens is 416 g/mol. The molecule has 0 saturated carbocycles. The number of methoxy groups -OCH3 is 1. The predicted molar refractivity (Wildman–Crippen MR) is 130 cm³/mol. The molecule has 0 spiro atoms. The molecule has 3 aromatic carbocycles. The lowest BCUT2D eigenvalue weighted by Gasteiger charge is -2.20. The van der Waals surface area contributed by atoms with E-state index in [1.807, 2.05) is 86.6 Å². The SMILES string of the molecule is CCOc1ccc(/C=C2/N=C(c3ccccc3OC)N(c3ccc(OCC)cc3)C2=O)cc1. The Hall–Kier alpha value is -4.06. The Labute approximate surface area is 193 Å². The van der Waals surface area contributed by atoms with Crippen molar-refractivity contribution in [1.82, 2.24) is 0 Å². The summed E-state index contributed by atoms with van der Waals surface area (Å²) in [7, 11) is 1.61. The monoisotopic (exact) mass is 442 g/mol. The summed E-state index contributed by atoms with van der Waals surface area (Å²) in [4.78, 5) is 19.9. The average Bonchev–Trinajstić information content (AvgIpc) is 3.17. The molecule has 0 fully saturated rings. The molecule has 6 heteroatoms. The van der Waals surface area contributed by atoms with Crippen LogP contribution in [0.4, 0.5) is 5.69 Å². The zero-order valence-corrected chi connectivity index (χ0v) is 18.9. The number of nitrogens with zero attached hydrogens (tertiary/aromatic N) is 2. The van der Waals surface area contributed by atoms with E-state index >= 15 is 0 Å². The Morgan fingerprint density at radius 3 is 2.06 bits per heavy atom. The zero-order chi connectivity index (χ0) is 23.2. The first kappa shape index (κ1) is 22.1. The number of para-hydroxylation sites is 1. The molecule has 0 atom stereocenters. The van der Waals surface area contributed by atoms with Crippen LogP contribution in [0.1, 0.15) is 25.0 Å². The highest BCUT2D eigenvalue weighted by Crippen LogP contribution is 2.32. The highest BCUT2D eigenvalue weighted by atomic mass is 16.5. The Bertz CT molecular complexity index is 1180. The van der Waals surface area contributed by atoms with Crippen molar-refractivity contribution in [3.05, 3.63) is 89.6 Å². The minimum atomic E-state index is -0.214. The number of ether oxygens (including phenoxy) is 3.